The van der Waals surface area contributed by atoms with Gasteiger partial charge in [0.2, 0.25) is 0 Å². The Labute approximate surface area is 114 Å². The van der Waals surface area contributed by atoms with Crippen LogP contribution in [-0.4, -0.2) is 25.6 Å². The molecule has 0 spiro atoms. The summed E-state index contributed by atoms with van der Waals surface area (Å²) >= 11 is 0. The summed E-state index contributed by atoms with van der Waals surface area (Å²) in [6, 6.07) is 10.4. The van der Waals surface area contributed by atoms with Gasteiger partial charge in [-0.15, -0.1) is 24.0 Å². The van der Waals surface area contributed by atoms with Gasteiger partial charge in [0.25, 0.3) is 0 Å². The van der Waals surface area contributed by atoms with Gasteiger partial charge >= 0.3 is 0 Å². The van der Waals surface area contributed by atoms with Crippen LogP contribution in [-0.2, 0) is 0 Å². The minimum absolute atomic E-state index is 0. The maximum absolute atomic E-state index is 5.29. The minimum Gasteiger partial charge on any atom is -0.370 e. The van der Waals surface area contributed by atoms with Crippen molar-refractivity contribution in [3.05, 3.63) is 30.3 Å². The van der Waals surface area contributed by atoms with Gasteiger partial charge in [0.1, 0.15) is 0 Å². The standard InChI is InChI=1S/C11H18N4.HI/c1-9(8-14-11(12)13)15(2)10-6-4-3-5-7-10;/h3-7,9H,8H2,1-2H3,(H4,12,13,14);1H. The topological polar surface area (TPSA) is 67.6 Å². The van der Waals surface area contributed by atoms with Gasteiger partial charge in [-0.1, -0.05) is 18.2 Å². The lowest BCUT2D eigenvalue weighted by atomic mass is 10.2. The maximum Gasteiger partial charge on any atom is 0.185 e. The Morgan fingerprint density at radius 2 is 1.88 bits per heavy atom. The van der Waals surface area contributed by atoms with Crippen molar-refractivity contribution in [3.63, 3.8) is 0 Å². The number of hydrogen-bond donors (Lipinski definition) is 2. The van der Waals surface area contributed by atoms with Crippen LogP contribution in [0.15, 0.2) is 35.3 Å². The summed E-state index contributed by atoms with van der Waals surface area (Å²) in [5, 5.41) is 0. The van der Waals surface area contributed by atoms with Crippen LogP contribution in [0.25, 0.3) is 0 Å². The van der Waals surface area contributed by atoms with Crippen molar-refractivity contribution < 1.29 is 0 Å². The van der Waals surface area contributed by atoms with E-state index < -0.39 is 0 Å². The molecule has 1 atom stereocenters. The van der Waals surface area contributed by atoms with Gasteiger partial charge in [0.05, 0.1) is 6.54 Å². The van der Waals surface area contributed by atoms with E-state index in [9.17, 15) is 0 Å². The predicted octanol–water partition coefficient (Wildman–Crippen LogP) is 1.40. The van der Waals surface area contributed by atoms with Crippen LogP contribution in [0, 0.1) is 0 Å². The molecule has 1 rings (SSSR count). The number of likely N-dealkylation sites (N-methyl/N-ethyl adjacent to an activating group) is 1. The summed E-state index contributed by atoms with van der Waals surface area (Å²) in [4.78, 5) is 6.15. The molecule has 0 aliphatic carbocycles. The summed E-state index contributed by atoms with van der Waals surface area (Å²) in [6.07, 6.45) is 0. The lowest BCUT2D eigenvalue weighted by Gasteiger charge is -2.25. The van der Waals surface area contributed by atoms with Crippen molar-refractivity contribution in [2.24, 2.45) is 16.5 Å². The number of benzene rings is 1. The molecule has 0 saturated heterocycles. The van der Waals surface area contributed by atoms with Gasteiger partial charge < -0.3 is 16.4 Å². The van der Waals surface area contributed by atoms with Crippen LogP contribution in [0.4, 0.5) is 5.69 Å². The first-order valence-electron chi connectivity index (χ1n) is 4.94. The highest BCUT2D eigenvalue weighted by atomic mass is 127. The number of hydrogen-bond acceptors (Lipinski definition) is 2. The molecule has 0 aromatic heterocycles. The van der Waals surface area contributed by atoms with Crippen molar-refractivity contribution >= 4 is 35.6 Å². The van der Waals surface area contributed by atoms with Crippen molar-refractivity contribution in [2.45, 2.75) is 13.0 Å². The number of nitrogens with two attached hydrogens (primary N) is 2. The van der Waals surface area contributed by atoms with E-state index in [0.717, 1.165) is 5.69 Å². The fraction of sp³-hybridized carbons (Fsp3) is 0.364. The molecular formula is C11H19IN4. The fourth-order valence-electron chi connectivity index (χ4n) is 1.28. The van der Waals surface area contributed by atoms with E-state index in [2.05, 4.69) is 28.9 Å². The highest BCUT2D eigenvalue weighted by molar-refractivity contribution is 14.0. The van der Waals surface area contributed by atoms with E-state index in [1.165, 1.54) is 0 Å². The molecule has 1 unspecified atom stereocenters. The van der Waals surface area contributed by atoms with Crippen molar-refractivity contribution in [1.29, 1.82) is 0 Å². The Morgan fingerprint density at radius 3 is 2.38 bits per heavy atom. The Morgan fingerprint density at radius 1 is 1.31 bits per heavy atom. The number of aliphatic imine (C=N–C) groups is 1. The molecule has 4 nitrogen and oxygen atoms in total. The van der Waals surface area contributed by atoms with E-state index in [4.69, 9.17) is 11.5 Å². The third-order valence-electron chi connectivity index (χ3n) is 2.36. The molecule has 90 valence electrons. The normalized spacial score (nSPS) is 11.1. The van der Waals surface area contributed by atoms with Crippen LogP contribution in [0.1, 0.15) is 6.92 Å². The zero-order valence-electron chi connectivity index (χ0n) is 9.63. The molecule has 1 aromatic rings. The summed E-state index contributed by atoms with van der Waals surface area (Å²) in [7, 11) is 2.03. The largest absolute Gasteiger partial charge is 0.370 e. The number of anilines is 1. The van der Waals surface area contributed by atoms with Gasteiger partial charge in [0.15, 0.2) is 5.96 Å². The highest BCUT2D eigenvalue weighted by Gasteiger charge is 2.08. The third-order valence-corrected chi connectivity index (χ3v) is 2.36. The molecule has 0 bridgehead atoms. The van der Waals surface area contributed by atoms with Gasteiger partial charge in [0, 0.05) is 18.8 Å². The Bertz CT molecular complexity index is 322. The first kappa shape index (κ1) is 15.0. The average Bonchev–Trinajstić information content (AvgIpc) is 2.26. The lowest BCUT2D eigenvalue weighted by Crippen LogP contribution is -2.33. The van der Waals surface area contributed by atoms with E-state index in [0.29, 0.717) is 6.54 Å². The summed E-state index contributed by atoms with van der Waals surface area (Å²) in [6.45, 7) is 2.69. The molecule has 0 fully saturated rings. The van der Waals surface area contributed by atoms with Gasteiger partial charge in [-0.25, -0.2) is 0 Å². The number of guanidine groups is 1. The maximum atomic E-state index is 5.29. The highest BCUT2D eigenvalue weighted by Crippen LogP contribution is 2.13. The quantitative estimate of drug-likeness (QED) is 0.497. The molecule has 0 heterocycles. The second-order valence-corrected chi connectivity index (χ2v) is 3.56. The number of rotatable bonds is 4. The SMILES string of the molecule is CC(CN=C(N)N)N(C)c1ccccc1.I. The molecule has 1 aromatic carbocycles. The summed E-state index contributed by atoms with van der Waals surface area (Å²) in [5.41, 5.74) is 11.7. The molecule has 0 aliphatic rings. The average molecular weight is 334 g/mol. The van der Waals surface area contributed by atoms with Crippen molar-refractivity contribution in [2.75, 3.05) is 18.5 Å². The number of halogens is 1. The Kier molecular flexibility index (Phi) is 6.87. The molecular weight excluding hydrogens is 315 g/mol. The summed E-state index contributed by atoms with van der Waals surface area (Å²) < 4.78 is 0. The Balaban J connectivity index is 0.00000225. The van der Waals surface area contributed by atoms with Crippen LogP contribution < -0.4 is 16.4 Å². The van der Waals surface area contributed by atoms with Crippen LogP contribution in [0.3, 0.4) is 0 Å². The zero-order valence-corrected chi connectivity index (χ0v) is 12.0. The summed E-state index contributed by atoms with van der Waals surface area (Å²) in [5.74, 6) is 0.142. The predicted molar refractivity (Wildman–Crippen MR) is 80.4 cm³/mol. The van der Waals surface area contributed by atoms with Gasteiger partial charge in [-0.3, -0.25) is 4.99 Å². The van der Waals surface area contributed by atoms with E-state index in [1.807, 2.05) is 25.2 Å². The second-order valence-electron chi connectivity index (χ2n) is 3.56. The monoisotopic (exact) mass is 334 g/mol. The second kappa shape index (κ2) is 7.32. The fourth-order valence-corrected chi connectivity index (χ4v) is 1.28. The number of nitrogens with zero attached hydrogens (tertiary/aromatic N) is 2. The van der Waals surface area contributed by atoms with Crippen molar-refractivity contribution in [1.82, 2.24) is 0 Å². The van der Waals surface area contributed by atoms with E-state index >= 15 is 0 Å². The van der Waals surface area contributed by atoms with Crippen LogP contribution in [0.5, 0.6) is 0 Å². The van der Waals surface area contributed by atoms with Gasteiger partial charge in [-0.2, -0.15) is 0 Å². The number of para-hydroxylation sites is 1. The third kappa shape index (κ3) is 4.69. The molecule has 4 N–H and O–H groups in total. The zero-order chi connectivity index (χ0) is 11.3. The van der Waals surface area contributed by atoms with Gasteiger partial charge in [-0.05, 0) is 19.1 Å². The first-order chi connectivity index (χ1) is 7.11. The minimum atomic E-state index is 0. The molecule has 0 aliphatic heterocycles. The molecule has 16 heavy (non-hydrogen) atoms. The molecule has 5 heteroatoms. The molecule has 0 amide bonds. The van der Waals surface area contributed by atoms with E-state index in [-0.39, 0.29) is 36.0 Å². The van der Waals surface area contributed by atoms with Crippen LogP contribution in [0.2, 0.25) is 0 Å². The van der Waals surface area contributed by atoms with Crippen LogP contribution >= 0.6 is 24.0 Å². The molecule has 0 saturated carbocycles. The first-order valence-corrected chi connectivity index (χ1v) is 4.94. The Hall–Kier alpha value is -0.980. The van der Waals surface area contributed by atoms with E-state index in [1.54, 1.807) is 0 Å². The van der Waals surface area contributed by atoms with Crippen molar-refractivity contribution in [3.8, 4) is 0 Å². The lowest BCUT2D eigenvalue weighted by molar-refractivity contribution is 0.696. The molecule has 0 radical (unpaired) electrons. The smallest absolute Gasteiger partial charge is 0.185 e.